The van der Waals surface area contributed by atoms with Gasteiger partial charge in [0.2, 0.25) is 0 Å². The number of benzene rings is 1. The Morgan fingerprint density at radius 3 is 2.53 bits per heavy atom. The lowest BCUT2D eigenvalue weighted by molar-refractivity contribution is -0.139. The lowest BCUT2D eigenvalue weighted by atomic mass is 10.2. The SMILES string of the molecule is COc1cccc(CCl)c1OCCC(F)(F)F. The summed E-state index contributed by atoms with van der Waals surface area (Å²) in [5.41, 5.74) is 0.605. The molecule has 0 aliphatic rings. The summed E-state index contributed by atoms with van der Waals surface area (Å²) in [4.78, 5) is 0. The topological polar surface area (TPSA) is 18.5 Å². The molecule has 0 fully saturated rings. The first-order valence-corrected chi connectivity index (χ1v) is 5.43. The van der Waals surface area contributed by atoms with Crippen LogP contribution in [-0.4, -0.2) is 19.9 Å². The molecule has 0 aliphatic carbocycles. The molecule has 0 spiro atoms. The molecule has 0 bridgehead atoms. The van der Waals surface area contributed by atoms with Gasteiger partial charge in [0.25, 0.3) is 0 Å². The molecule has 0 saturated carbocycles. The van der Waals surface area contributed by atoms with E-state index < -0.39 is 19.2 Å². The number of hydrogen-bond donors (Lipinski definition) is 0. The number of alkyl halides is 4. The Labute approximate surface area is 102 Å². The van der Waals surface area contributed by atoms with Crippen molar-refractivity contribution in [2.75, 3.05) is 13.7 Å². The third-order valence-electron chi connectivity index (χ3n) is 2.06. The van der Waals surface area contributed by atoms with E-state index in [0.29, 0.717) is 11.3 Å². The molecular weight excluding hydrogens is 257 g/mol. The highest BCUT2D eigenvalue weighted by molar-refractivity contribution is 6.17. The molecule has 0 aliphatic heterocycles. The summed E-state index contributed by atoms with van der Waals surface area (Å²) in [5, 5.41) is 0. The van der Waals surface area contributed by atoms with Crippen molar-refractivity contribution in [2.45, 2.75) is 18.5 Å². The molecule has 17 heavy (non-hydrogen) atoms. The van der Waals surface area contributed by atoms with Crippen LogP contribution in [0.25, 0.3) is 0 Å². The molecule has 1 aromatic carbocycles. The molecular formula is C11H12ClF3O2. The number of methoxy groups -OCH3 is 1. The van der Waals surface area contributed by atoms with E-state index in [-0.39, 0.29) is 11.6 Å². The van der Waals surface area contributed by atoms with Gasteiger partial charge in [-0.3, -0.25) is 0 Å². The summed E-state index contributed by atoms with van der Waals surface area (Å²) in [5.74, 6) is 0.804. The van der Waals surface area contributed by atoms with Gasteiger partial charge in [-0.1, -0.05) is 12.1 Å². The highest BCUT2D eigenvalue weighted by Crippen LogP contribution is 2.32. The minimum Gasteiger partial charge on any atom is -0.493 e. The molecule has 0 heterocycles. The second kappa shape index (κ2) is 6.00. The zero-order valence-electron chi connectivity index (χ0n) is 9.18. The van der Waals surface area contributed by atoms with E-state index in [9.17, 15) is 13.2 Å². The largest absolute Gasteiger partial charge is 0.493 e. The molecule has 1 aromatic rings. The predicted molar refractivity (Wildman–Crippen MR) is 58.7 cm³/mol. The average molecular weight is 269 g/mol. The lowest BCUT2D eigenvalue weighted by Crippen LogP contribution is -2.13. The van der Waals surface area contributed by atoms with Crippen molar-refractivity contribution < 1.29 is 22.6 Å². The van der Waals surface area contributed by atoms with E-state index >= 15 is 0 Å². The van der Waals surface area contributed by atoms with Crippen molar-refractivity contribution in [1.29, 1.82) is 0 Å². The van der Waals surface area contributed by atoms with Crippen LogP contribution in [0.15, 0.2) is 18.2 Å². The van der Waals surface area contributed by atoms with Gasteiger partial charge >= 0.3 is 6.18 Å². The Kier molecular flexibility index (Phi) is 4.93. The molecule has 1 rings (SSSR count). The first kappa shape index (κ1) is 14.0. The first-order valence-electron chi connectivity index (χ1n) is 4.89. The Morgan fingerprint density at radius 2 is 2.00 bits per heavy atom. The van der Waals surface area contributed by atoms with Gasteiger partial charge in [-0.05, 0) is 6.07 Å². The molecule has 0 unspecified atom stereocenters. The van der Waals surface area contributed by atoms with Crippen LogP contribution in [0.2, 0.25) is 0 Å². The minimum absolute atomic E-state index is 0.151. The molecule has 0 radical (unpaired) electrons. The third-order valence-corrected chi connectivity index (χ3v) is 2.34. The van der Waals surface area contributed by atoms with Gasteiger partial charge in [-0.15, -0.1) is 11.6 Å². The maximum Gasteiger partial charge on any atom is 0.392 e. The van der Waals surface area contributed by atoms with Crippen LogP contribution < -0.4 is 9.47 Å². The molecule has 0 atom stereocenters. The fourth-order valence-electron chi connectivity index (χ4n) is 1.26. The zero-order chi connectivity index (χ0) is 12.9. The molecule has 0 saturated heterocycles. The van der Waals surface area contributed by atoms with E-state index in [1.807, 2.05) is 0 Å². The van der Waals surface area contributed by atoms with E-state index in [0.717, 1.165) is 0 Å². The van der Waals surface area contributed by atoms with Gasteiger partial charge in [-0.2, -0.15) is 13.2 Å². The van der Waals surface area contributed by atoms with E-state index in [2.05, 4.69) is 0 Å². The van der Waals surface area contributed by atoms with Crippen LogP contribution in [0, 0.1) is 0 Å². The number of halogens is 4. The number of ether oxygens (including phenoxy) is 2. The molecule has 0 N–H and O–H groups in total. The quantitative estimate of drug-likeness (QED) is 0.757. The van der Waals surface area contributed by atoms with Crippen molar-refractivity contribution >= 4 is 11.6 Å². The highest BCUT2D eigenvalue weighted by atomic mass is 35.5. The van der Waals surface area contributed by atoms with Crippen LogP contribution in [-0.2, 0) is 5.88 Å². The summed E-state index contributed by atoms with van der Waals surface area (Å²) < 4.78 is 46.1. The van der Waals surface area contributed by atoms with E-state index in [1.165, 1.54) is 7.11 Å². The number of rotatable bonds is 5. The molecule has 0 amide bonds. The third kappa shape index (κ3) is 4.34. The maximum atomic E-state index is 12.0. The summed E-state index contributed by atoms with van der Waals surface area (Å²) in [7, 11) is 1.42. The van der Waals surface area contributed by atoms with Crippen LogP contribution in [0.1, 0.15) is 12.0 Å². The predicted octanol–water partition coefficient (Wildman–Crippen LogP) is 3.77. The van der Waals surface area contributed by atoms with Gasteiger partial charge in [0.1, 0.15) is 0 Å². The minimum atomic E-state index is -4.23. The van der Waals surface area contributed by atoms with Crippen molar-refractivity contribution in [3.05, 3.63) is 23.8 Å². The Hall–Kier alpha value is -1.10. The summed E-state index contributed by atoms with van der Waals surface area (Å²) in [6.45, 7) is -0.451. The van der Waals surface area contributed by atoms with Crippen molar-refractivity contribution in [2.24, 2.45) is 0 Å². The molecule has 0 aromatic heterocycles. The van der Waals surface area contributed by atoms with E-state index in [1.54, 1.807) is 18.2 Å². The van der Waals surface area contributed by atoms with Gasteiger partial charge in [0.05, 0.1) is 26.0 Å². The van der Waals surface area contributed by atoms with Gasteiger partial charge in [0, 0.05) is 5.56 Å². The fraction of sp³-hybridized carbons (Fsp3) is 0.455. The Balaban J connectivity index is 2.74. The Bertz CT molecular complexity index is 344. The van der Waals surface area contributed by atoms with Crippen molar-refractivity contribution in [3.8, 4) is 11.5 Å². The second-order valence-corrected chi connectivity index (χ2v) is 3.56. The summed E-state index contributed by atoms with van der Waals surface area (Å²) >= 11 is 5.67. The van der Waals surface area contributed by atoms with Crippen molar-refractivity contribution in [1.82, 2.24) is 0 Å². The smallest absolute Gasteiger partial charge is 0.392 e. The van der Waals surface area contributed by atoms with Gasteiger partial charge in [0.15, 0.2) is 11.5 Å². The highest BCUT2D eigenvalue weighted by Gasteiger charge is 2.27. The monoisotopic (exact) mass is 268 g/mol. The zero-order valence-corrected chi connectivity index (χ0v) is 9.94. The average Bonchev–Trinajstić information content (AvgIpc) is 2.27. The lowest BCUT2D eigenvalue weighted by Gasteiger charge is -2.14. The summed E-state index contributed by atoms with van der Waals surface area (Å²) in [6.07, 6.45) is -5.24. The fourth-order valence-corrected chi connectivity index (χ4v) is 1.47. The standard InChI is InChI=1S/C11H12ClF3O2/c1-16-9-4-2-3-8(7-12)10(9)17-6-5-11(13,14)15/h2-4H,5-7H2,1H3. The maximum absolute atomic E-state index is 12.0. The number of para-hydroxylation sites is 1. The van der Waals surface area contributed by atoms with Gasteiger partial charge in [-0.25, -0.2) is 0 Å². The van der Waals surface area contributed by atoms with Crippen LogP contribution >= 0.6 is 11.6 Å². The Morgan fingerprint density at radius 1 is 1.29 bits per heavy atom. The first-order chi connectivity index (χ1) is 7.98. The second-order valence-electron chi connectivity index (χ2n) is 3.30. The van der Waals surface area contributed by atoms with Crippen molar-refractivity contribution in [3.63, 3.8) is 0 Å². The normalized spacial score (nSPS) is 11.4. The summed E-state index contributed by atoms with van der Waals surface area (Å²) in [6, 6.07) is 4.99. The van der Waals surface area contributed by atoms with Crippen LogP contribution in [0.5, 0.6) is 11.5 Å². The van der Waals surface area contributed by atoms with Crippen LogP contribution in [0.3, 0.4) is 0 Å². The van der Waals surface area contributed by atoms with E-state index in [4.69, 9.17) is 21.1 Å². The molecule has 96 valence electrons. The molecule has 6 heteroatoms. The molecule has 2 nitrogen and oxygen atoms in total. The van der Waals surface area contributed by atoms with Crippen LogP contribution in [0.4, 0.5) is 13.2 Å². The number of hydrogen-bond acceptors (Lipinski definition) is 2. The van der Waals surface area contributed by atoms with Gasteiger partial charge < -0.3 is 9.47 Å².